The molecule has 1 saturated carbocycles. The lowest BCUT2D eigenvalue weighted by Gasteiger charge is -2.43. The van der Waals surface area contributed by atoms with Crippen molar-refractivity contribution in [2.24, 2.45) is 23.2 Å². The fourth-order valence-corrected chi connectivity index (χ4v) is 7.22. The molecule has 0 saturated heterocycles. The Labute approximate surface area is 319 Å². The van der Waals surface area contributed by atoms with Gasteiger partial charge >= 0.3 is 29.8 Å². The van der Waals surface area contributed by atoms with Gasteiger partial charge in [-0.3, -0.25) is 24.2 Å². The Kier molecular flexibility index (Phi) is 12.9. The summed E-state index contributed by atoms with van der Waals surface area (Å²) in [6, 6.07) is 10.7. The summed E-state index contributed by atoms with van der Waals surface area (Å²) in [5.41, 5.74) is -6.07. The van der Waals surface area contributed by atoms with Crippen LogP contribution in [0.3, 0.4) is 0 Å². The van der Waals surface area contributed by atoms with Crippen LogP contribution in [-0.2, 0) is 42.9 Å². The zero-order valence-corrected chi connectivity index (χ0v) is 32.2. The number of carbonyl (C=O) groups excluding carboxylic acids is 6. The SMILES string of the molecule is C=C1[C@H](OC(=O)C(C)C)[C@@H](O)[C@@H](OC(=O)c2cccnc2)C(C)(C)C=C[C@H](C)C(=O)[C@@]2(O)C[C@@](C)(OC(C)=O)[C@H](OC(=O)c3ccccc3)[C@@H]2[C@H]1OC(C)=O. The number of ketones is 1. The predicted molar refractivity (Wildman–Crippen MR) is 195 cm³/mol. The number of aliphatic hydroxyl groups excluding tert-OH is 1. The van der Waals surface area contributed by atoms with Crippen molar-refractivity contribution in [2.45, 2.75) is 104 Å². The highest BCUT2D eigenvalue weighted by atomic mass is 16.6. The fraction of sp³-hybridized carbons (Fsp3) is 0.488. The zero-order valence-electron chi connectivity index (χ0n) is 32.2. The van der Waals surface area contributed by atoms with Crippen molar-refractivity contribution < 1.29 is 62.7 Å². The Morgan fingerprint density at radius 2 is 1.45 bits per heavy atom. The van der Waals surface area contributed by atoms with E-state index in [1.165, 1.54) is 76.5 Å². The topological polar surface area (TPSA) is 202 Å². The maximum atomic E-state index is 14.7. The number of rotatable bonds is 8. The van der Waals surface area contributed by atoms with Crippen molar-refractivity contribution in [3.05, 3.63) is 90.3 Å². The summed E-state index contributed by atoms with van der Waals surface area (Å²) in [6.45, 7) is 15.4. The molecule has 1 fully saturated rings. The number of esters is 5. The van der Waals surface area contributed by atoms with E-state index in [1.807, 2.05) is 0 Å². The molecule has 1 aromatic heterocycles. The van der Waals surface area contributed by atoms with Gasteiger partial charge in [-0.05, 0) is 31.2 Å². The van der Waals surface area contributed by atoms with Crippen molar-refractivity contribution in [3.63, 3.8) is 0 Å². The highest BCUT2D eigenvalue weighted by Gasteiger charge is 2.69. The Bertz CT molecular complexity index is 1820. The second kappa shape index (κ2) is 16.7. The first-order valence-corrected chi connectivity index (χ1v) is 17.9. The van der Waals surface area contributed by atoms with E-state index < -0.39 is 107 Å². The number of carbonyl (C=O) groups is 6. The summed E-state index contributed by atoms with van der Waals surface area (Å²) in [6.07, 6.45) is -3.86. The summed E-state index contributed by atoms with van der Waals surface area (Å²) in [7, 11) is 0. The molecule has 0 spiro atoms. The molecular formula is C41H49NO13. The molecule has 14 nitrogen and oxygen atoms in total. The molecule has 0 radical (unpaired) electrons. The molecule has 9 atom stereocenters. The second-order valence-electron chi connectivity index (χ2n) is 15.2. The van der Waals surface area contributed by atoms with E-state index in [0.29, 0.717) is 0 Å². The van der Waals surface area contributed by atoms with Crippen molar-refractivity contribution in [3.8, 4) is 0 Å². The lowest BCUT2D eigenvalue weighted by Crippen LogP contribution is -2.57. The van der Waals surface area contributed by atoms with Gasteiger partial charge in [-0.15, -0.1) is 0 Å². The average Bonchev–Trinajstić information content (AvgIpc) is 3.34. The van der Waals surface area contributed by atoms with E-state index in [9.17, 15) is 39.0 Å². The molecule has 1 aromatic carbocycles. The van der Waals surface area contributed by atoms with Crippen LogP contribution in [0, 0.1) is 23.2 Å². The van der Waals surface area contributed by atoms with Crippen molar-refractivity contribution in [1.82, 2.24) is 4.98 Å². The third kappa shape index (κ3) is 9.19. The second-order valence-corrected chi connectivity index (χ2v) is 15.2. The molecule has 4 rings (SSSR count). The van der Waals surface area contributed by atoms with Gasteiger partial charge in [-0.1, -0.05) is 71.5 Å². The maximum Gasteiger partial charge on any atom is 0.340 e. The summed E-state index contributed by atoms with van der Waals surface area (Å²) in [5.74, 6) is -8.97. The van der Waals surface area contributed by atoms with E-state index in [2.05, 4.69) is 11.6 Å². The lowest BCUT2D eigenvalue weighted by molar-refractivity contribution is -0.177. The Morgan fingerprint density at radius 3 is 2.02 bits per heavy atom. The number of aromatic nitrogens is 1. The highest BCUT2D eigenvalue weighted by Crippen LogP contribution is 2.52. The number of Topliss-reactive ketones (excluding diaryl/α,β-unsaturated/α-hetero) is 1. The van der Waals surface area contributed by atoms with Gasteiger partial charge < -0.3 is 33.9 Å². The molecule has 0 bridgehead atoms. The summed E-state index contributed by atoms with van der Waals surface area (Å²) < 4.78 is 29.4. The first kappa shape index (κ1) is 42.5. The van der Waals surface area contributed by atoms with Crippen LogP contribution < -0.4 is 0 Å². The maximum absolute atomic E-state index is 14.7. The van der Waals surface area contributed by atoms with Crippen LogP contribution in [0.2, 0.25) is 0 Å². The van der Waals surface area contributed by atoms with Crippen LogP contribution in [0.15, 0.2) is 79.2 Å². The summed E-state index contributed by atoms with van der Waals surface area (Å²) in [5, 5.41) is 25.1. The molecule has 2 N–H and O–H groups in total. The van der Waals surface area contributed by atoms with Crippen LogP contribution in [0.5, 0.6) is 0 Å². The van der Waals surface area contributed by atoms with E-state index in [1.54, 1.807) is 32.0 Å². The van der Waals surface area contributed by atoms with Gasteiger partial charge in [-0.2, -0.15) is 0 Å². The van der Waals surface area contributed by atoms with Crippen LogP contribution in [0.25, 0.3) is 0 Å². The first-order valence-electron chi connectivity index (χ1n) is 17.9. The number of pyridine rings is 1. The molecule has 2 aromatic rings. The van der Waals surface area contributed by atoms with Crippen molar-refractivity contribution >= 4 is 35.6 Å². The van der Waals surface area contributed by atoms with Gasteiger partial charge in [0, 0.05) is 49.6 Å². The van der Waals surface area contributed by atoms with Gasteiger partial charge in [0.05, 0.1) is 23.0 Å². The number of allylic oxidation sites excluding steroid dienone is 1. The normalized spacial score (nSPS) is 30.6. The smallest absolute Gasteiger partial charge is 0.340 e. The van der Waals surface area contributed by atoms with Crippen LogP contribution in [0.4, 0.5) is 0 Å². The molecule has 2 aliphatic rings. The van der Waals surface area contributed by atoms with Crippen LogP contribution in [-0.4, -0.2) is 92.5 Å². The number of fused-ring (bicyclic) bond motifs is 1. The summed E-state index contributed by atoms with van der Waals surface area (Å²) >= 11 is 0. The lowest BCUT2D eigenvalue weighted by atomic mass is 9.72. The quantitative estimate of drug-likeness (QED) is 0.221. The average molecular weight is 764 g/mol. The minimum Gasteiger partial charge on any atom is -0.457 e. The first-order chi connectivity index (χ1) is 25.6. The van der Waals surface area contributed by atoms with Gasteiger partial charge in [0.2, 0.25) is 0 Å². The molecule has 296 valence electrons. The van der Waals surface area contributed by atoms with Crippen molar-refractivity contribution in [2.75, 3.05) is 0 Å². The minimum absolute atomic E-state index is 0.0420. The standard InChI is InChI=1S/C41H49NO13/c1-22(2)36(47)52-32-24(4)31(51-25(5)43)29-34(53-37(48)27-14-11-10-12-15-27)40(9,55-26(6)44)21-41(29,50)33(46)23(3)17-18-39(7,8)35(30(32)45)54-38(49)28-16-13-19-42-20-28/h10-20,22-23,29-32,34-35,45,50H,4,21H2,1-3,5-9H3/t23-,29-,30+,31-,32-,34+,35+,40+,41+/m0/s1. The molecule has 55 heavy (non-hydrogen) atoms. The molecule has 0 aliphatic heterocycles. The fourth-order valence-electron chi connectivity index (χ4n) is 7.22. The number of nitrogens with zero attached hydrogens (tertiary/aromatic N) is 1. The van der Waals surface area contributed by atoms with E-state index >= 15 is 0 Å². The number of benzene rings is 1. The number of hydrogen-bond acceptors (Lipinski definition) is 14. The van der Waals surface area contributed by atoms with Gasteiger partial charge in [0.15, 0.2) is 18.0 Å². The molecule has 0 unspecified atom stereocenters. The van der Waals surface area contributed by atoms with E-state index in [-0.39, 0.29) is 16.7 Å². The van der Waals surface area contributed by atoms with Gasteiger partial charge in [0.25, 0.3) is 0 Å². The predicted octanol–water partition coefficient (Wildman–Crippen LogP) is 4.12. The van der Waals surface area contributed by atoms with Crippen LogP contribution >= 0.6 is 0 Å². The largest absolute Gasteiger partial charge is 0.457 e. The van der Waals surface area contributed by atoms with Crippen molar-refractivity contribution in [1.29, 1.82) is 0 Å². The molecule has 14 heteroatoms. The van der Waals surface area contributed by atoms with E-state index in [4.69, 9.17) is 23.7 Å². The Hall–Kier alpha value is -5.21. The zero-order chi connectivity index (χ0) is 41.0. The summed E-state index contributed by atoms with van der Waals surface area (Å²) in [4.78, 5) is 84.8. The van der Waals surface area contributed by atoms with Gasteiger partial charge in [-0.25, -0.2) is 9.59 Å². The third-order valence-electron chi connectivity index (χ3n) is 9.92. The Balaban J connectivity index is 2.02. The number of hydrogen-bond donors (Lipinski definition) is 2. The third-order valence-corrected chi connectivity index (χ3v) is 9.92. The monoisotopic (exact) mass is 763 g/mol. The van der Waals surface area contributed by atoms with Gasteiger partial charge in [0.1, 0.15) is 29.5 Å². The van der Waals surface area contributed by atoms with Crippen LogP contribution in [0.1, 0.15) is 82.5 Å². The molecular weight excluding hydrogens is 714 g/mol. The number of aliphatic hydroxyl groups is 2. The Morgan fingerprint density at radius 1 is 0.855 bits per heavy atom. The molecule has 0 amide bonds. The number of ether oxygens (including phenoxy) is 5. The molecule has 1 heterocycles. The molecule has 2 aliphatic carbocycles. The minimum atomic E-state index is -2.58. The van der Waals surface area contributed by atoms with E-state index in [0.717, 1.165) is 13.8 Å². The highest BCUT2D eigenvalue weighted by molar-refractivity contribution is 5.93.